The van der Waals surface area contributed by atoms with Crippen LogP contribution in [0.5, 0.6) is 0 Å². The Morgan fingerprint density at radius 2 is 2.31 bits per heavy atom. The van der Waals surface area contributed by atoms with Gasteiger partial charge in [0.25, 0.3) is 0 Å². The highest BCUT2D eigenvalue weighted by Crippen LogP contribution is 2.19. The van der Waals surface area contributed by atoms with Crippen molar-refractivity contribution in [3.63, 3.8) is 0 Å². The van der Waals surface area contributed by atoms with E-state index in [0.29, 0.717) is 29.6 Å². The van der Waals surface area contributed by atoms with Gasteiger partial charge in [-0.3, -0.25) is 0 Å². The normalized spacial score (nSPS) is 10.9. The quantitative estimate of drug-likeness (QED) is 0.761. The minimum atomic E-state index is -0.283. The second-order valence-electron chi connectivity index (χ2n) is 2.81. The second kappa shape index (κ2) is 3.14. The summed E-state index contributed by atoms with van der Waals surface area (Å²) in [6.45, 7) is 0.473. The van der Waals surface area contributed by atoms with E-state index in [1.54, 1.807) is 6.07 Å². The van der Waals surface area contributed by atoms with Crippen molar-refractivity contribution in [2.24, 2.45) is 5.73 Å². The SMILES string of the molecule is NCCc1onc2ccc(F)cc12. The summed E-state index contributed by atoms with van der Waals surface area (Å²) in [7, 11) is 0. The van der Waals surface area contributed by atoms with Gasteiger partial charge in [0, 0.05) is 11.8 Å². The third-order valence-corrected chi connectivity index (χ3v) is 1.88. The predicted molar refractivity (Wildman–Crippen MR) is 46.7 cm³/mol. The fraction of sp³-hybridized carbons (Fsp3) is 0.222. The number of rotatable bonds is 2. The Bertz CT molecular complexity index is 424. The number of nitrogens with zero attached hydrogens (tertiary/aromatic N) is 1. The molecule has 0 fully saturated rings. The Kier molecular flexibility index (Phi) is 1.98. The van der Waals surface area contributed by atoms with E-state index in [1.165, 1.54) is 12.1 Å². The predicted octanol–water partition coefficient (Wildman–Crippen LogP) is 1.47. The number of aromatic nitrogens is 1. The molecule has 0 amide bonds. The Labute approximate surface area is 74.3 Å². The highest BCUT2D eigenvalue weighted by atomic mass is 19.1. The summed E-state index contributed by atoms with van der Waals surface area (Å²) in [5, 5.41) is 4.49. The van der Waals surface area contributed by atoms with Crippen molar-refractivity contribution < 1.29 is 8.91 Å². The molecule has 0 aliphatic rings. The molecule has 0 saturated carbocycles. The first-order chi connectivity index (χ1) is 6.31. The van der Waals surface area contributed by atoms with Gasteiger partial charge in [-0.1, -0.05) is 5.16 Å². The number of halogens is 1. The van der Waals surface area contributed by atoms with Crippen molar-refractivity contribution in [3.05, 3.63) is 29.8 Å². The number of hydrogen-bond acceptors (Lipinski definition) is 3. The first kappa shape index (κ1) is 8.19. The van der Waals surface area contributed by atoms with Gasteiger partial charge in [-0.2, -0.15) is 0 Å². The van der Waals surface area contributed by atoms with E-state index in [0.717, 1.165) is 0 Å². The van der Waals surface area contributed by atoms with E-state index in [-0.39, 0.29) is 5.82 Å². The van der Waals surface area contributed by atoms with Crippen molar-refractivity contribution >= 4 is 10.9 Å². The number of benzene rings is 1. The Morgan fingerprint density at radius 3 is 3.08 bits per heavy atom. The Morgan fingerprint density at radius 1 is 1.46 bits per heavy atom. The zero-order valence-electron chi connectivity index (χ0n) is 6.96. The molecule has 1 aromatic carbocycles. The van der Waals surface area contributed by atoms with E-state index in [9.17, 15) is 4.39 Å². The molecule has 2 rings (SSSR count). The molecule has 0 bridgehead atoms. The van der Waals surface area contributed by atoms with Crippen LogP contribution < -0.4 is 5.73 Å². The molecule has 1 aromatic heterocycles. The van der Waals surface area contributed by atoms with Crippen LogP contribution in [0.4, 0.5) is 4.39 Å². The van der Waals surface area contributed by atoms with E-state index >= 15 is 0 Å². The number of hydrogen-bond donors (Lipinski definition) is 1. The van der Waals surface area contributed by atoms with Crippen LogP contribution in [0.1, 0.15) is 5.76 Å². The highest BCUT2D eigenvalue weighted by Gasteiger charge is 2.07. The average Bonchev–Trinajstić information content (AvgIpc) is 2.49. The van der Waals surface area contributed by atoms with Gasteiger partial charge in [0.15, 0.2) is 0 Å². The van der Waals surface area contributed by atoms with Crippen LogP contribution in [0.2, 0.25) is 0 Å². The van der Waals surface area contributed by atoms with Crippen molar-refractivity contribution in [1.29, 1.82) is 0 Å². The second-order valence-corrected chi connectivity index (χ2v) is 2.81. The van der Waals surface area contributed by atoms with Crippen LogP contribution >= 0.6 is 0 Å². The first-order valence-corrected chi connectivity index (χ1v) is 4.05. The zero-order valence-corrected chi connectivity index (χ0v) is 6.96. The topological polar surface area (TPSA) is 52.0 Å². The van der Waals surface area contributed by atoms with Crippen LogP contribution in [0.15, 0.2) is 22.7 Å². The third kappa shape index (κ3) is 1.40. The maximum Gasteiger partial charge on any atom is 0.145 e. The lowest BCUT2D eigenvalue weighted by molar-refractivity contribution is 0.392. The van der Waals surface area contributed by atoms with Gasteiger partial charge in [-0.25, -0.2) is 4.39 Å². The lowest BCUT2D eigenvalue weighted by Gasteiger charge is -1.91. The van der Waals surface area contributed by atoms with Gasteiger partial charge in [0.2, 0.25) is 0 Å². The fourth-order valence-electron chi connectivity index (χ4n) is 1.28. The molecule has 3 nitrogen and oxygen atoms in total. The van der Waals surface area contributed by atoms with Crippen LogP contribution in [0, 0.1) is 5.82 Å². The summed E-state index contributed by atoms with van der Waals surface area (Å²) in [4.78, 5) is 0. The molecule has 68 valence electrons. The van der Waals surface area contributed by atoms with Gasteiger partial charge in [0.1, 0.15) is 17.1 Å². The van der Waals surface area contributed by atoms with Gasteiger partial charge in [-0.05, 0) is 24.7 Å². The minimum Gasteiger partial charge on any atom is -0.360 e. The monoisotopic (exact) mass is 180 g/mol. The maximum atomic E-state index is 12.8. The maximum absolute atomic E-state index is 12.8. The van der Waals surface area contributed by atoms with Crippen molar-refractivity contribution in [2.45, 2.75) is 6.42 Å². The molecule has 2 aromatic rings. The average molecular weight is 180 g/mol. The molecule has 0 unspecified atom stereocenters. The van der Waals surface area contributed by atoms with Crippen molar-refractivity contribution in [1.82, 2.24) is 5.16 Å². The summed E-state index contributed by atoms with van der Waals surface area (Å²) in [6, 6.07) is 4.36. The van der Waals surface area contributed by atoms with Crippen LogP contribution in [0.25, 0.3) is 10.9 Å². The summed E-state index contributed by atoms with van der Waals surface area (Å²) in [5.41, 5.74) is 6.04. The first-order valence-electron chi connectivity index (χ1n) is 4.05. The molecule has 0 atom stereocenters. The van der Waals surface area contributed by atoms with Gasteiger partial charge in [0.05, 0.1) is 0 Å². The summed E-state index contributed by atoms with van der Waals surface area (Å²) in [5.74, 6) is 0.367. The molecule has 13 heavy (non-hydrogen) atoms. The number of nitrogens with two attached hydrogens (primary N) is 1. The molecule has 0 spiro atoms. The minimum absolute atomic E-state index is 0.283. The molecule has 0 saturated heterocycles. The zero-order chi connectivity index (χ0) is 9.26. The molecule has 0 aliphatic carbocycles. The molecule has 1 heterocycles. The lowest BCUT2D eigenvalue weighted by Crippen LogP contribution is -2.01. The van der Waals surface area contributed by atoms with Crippen molar-refractivity contribution in [3.8, 4) is 0 Å². The fourth-order valence-corrected chi connectivity index (χ4v) is 1.28. The standard InChI is InChI=1S/C9H9FN2O/c10-6-1-2-8-7(5-6)9(3-4-11)13-12-8/h1-2,5H,3-4,11H2. The lowest BCUT2D eigenvalue weighted by atomic mass is 10.2. The van der Waals surface area contributed by atoms with E-state index in [1.807, 2.05) is 0 Å². The largest absolute Gasteiger partial charge is 0.360 e. The third-order valence-electron chi connectivity index (χ3n) is 1.88. The molecular formula is C9H9FN2O. The van der Waals surface area contributed by atoms with E-state index in [4.69, 9.17) is 10.3 Å². The molecule has 0 aliphatic heterocycles. The van der Waals surface area contributed by atoms with Crippen molar-refractivity contribution in [2.75, 3.05) is 6.54 Å². The molecule has 4 heteroatoms. The summed E-state index contributed by atoms with van der Waals surface area (Å²) >= 11 is 0. The summed E-state index contributed by atoms with van der Waals surface area (Å²) < 4.78 is 17.8. The summed E-state index contributed by atoms with van der Waals surface area (Å²) in [6.07, 6.45) is 0.583. The highest BCUT2D eigenvalue weighted by molar-refractivity contribution is 5.80. The van der Waals surface area contributed by atoms with Gasteiger partial charge in [-0.15, -0.1) is 0 Å². The molecule has 2 N–H and O–H groups in total. The Hall–Kier alpha value is -1.42. The molecular weight excluding hydrogens is 171 g/mol. The van der Waals surface area contributed by atoms with Gasteiger partial charge >= 0.3 is 0 Å². The van der Waals surface area contributed by atoms with E-state index < -0.39 is 0 Å². The Balaban J connectivity index is 2.58. The smallest absolute Gasteiger partial charge is 0.145 e. The van der Waals surface area contributed by atoms with Crippen LogP contribution in [0.3, 0.4) is 0 Å². The van der Waals surface area contributed by atoms with Crippen LogP contribution in [-0.2, 0) is 6.42 Å². The van der Waals surface area contributed by atoms with E-state index in [2.05, 4.69) is 5.16 Å². The molecule has 0 radical (unpaired) electrons. The van der Waals surface area contributed by atoms with Gasteiger partial charge < -0.3 is 10.3 Å². The van der Waals surface area contributed by atoms with Crippen LogP contribution in [-0.4, -0.2) is 11.7 Å². The number of fused-ring (bicyclic) bond motifs is 1.